The van der Waals surface area contributed by atoms with Gasteiger partial charge in [-0.1, -0.05) is 70.4 Å². The Labute approximate surface area is 423 Å². The number of carbonyl (C=O) groups is 6. The number of para-hydroxylation sites is 1. The first kappa shape index (κ1) is 53.9. The van der Waals surface area contributed by atoms with Gasteiger partial charge in [-0.3, -0.25) is 28.8 Å². The van der Waals surface area contributed by atoms with Crippen molar-refractivity contribution < 1.29 is 38.6 Å². The highest BCUT2D eigenvalue weighted by Gasteiger charge is 2.54. The maximum Gasteiger partial charge on any atom is 0.254 e. The maximum atomic E-state index is 14.4. The fraction of sp³-hybridized carbons (Fsp3) is 0.404. The third-order valence-corrected chi connectivity index (χ3v) is 13.5. The van der Waals surface area contributed by atoms with Crippen molar-refractivity contribution in [1.82, 2.24) is 41.1 Å². The van der Waals surface area contributed by atoms with Crippen molar-refractivity contribution in [1.29, 1.82) is 0 Å². The molecule has 2 aromatic carbocycles. The summed E-state index contributed by atoms with van der Waals surface area (Å²) in [5.74, 6) is -1.44. The topological polar surface area (TPSA) is 272 Å². The summed E-state index contributed by atoms with van der Waals surface area (Å²) in [6.45, 7) is 7.84. The number of amides is 6. The summed E-state index contributed by atoms with van der Waals surface area (Å²) in [5, 5.41) is 28.2. The number of unbranched alkanes of at least 4 members (excludes halogenated alkanes) is 4. The normalized spacial score (nSPS) is 15.8. The molecular weight excluding hydrogens is 939 g/mol. The van der Waals surface area contributed by atoms with E-state index in [9.17, 15) is 33.9 Å². The van der Waals surface area contributed by atoms with Crippen LogP contribution in [0.1, 0.15) is 108 Å². The lowest BCUT2D eigenvalue weighted by Crippen LogP contribution is -2.63. The number of likely N-dealkylation sites (tertiary alicyclic amines) is 1. The number of methoxy groups -OCH3 is 1. The van der Waals surface area contributed by atoms with E-state index in [1.54, 1.807) is 41.9 Å². The Hall–Kier alpha value is -7.45. The van der Waals surface area contributed by atoms with Crippen LogP contribution in [-0.2, 0) is 20.8 Å². The van der Waals surface area contributed by atoms with E-state index in [0.29, 0.717) is 47.1 Å². The Morgan fingerprint density at radius 1 is 0.847 bits per heavy atom. The number of pyridine rings is 2. The van der Waals surface area contributed by atoms with Crippen LogP contribution in [0, 0.1) is 12.3 Å². The van der Waals surface area contributed by atoms with Crippen LogP contribution in [0.4, 0.5) is 23.0 Å². The van der Waals surface area contributed by atoms with Gasteiger partial charge in [0.25, 0.3) is 17.7 Å². The molecule has 1 saturated heterocycles. The van der Waals surface area contributed by atoms with E-state index in [0.717, 1.165) is 47.4 Å². The third kappa shape index (κ3) is 13.1. The zero-order valence-corrected chi connectivity index (χ0v) is 42.6. The average molecular weight is 1000 g/mol. The van der Waals surface area contributed by atoms with Crippen molar-refractivity contribution in [3.8, 4) is 16.2 Å². The molecule has 0 bridgehead atoms. The van der Waals surface area contributed by atoms with E-state index < -0.39 is 34.9 Å². The summed E-state index contributed by atoms with van der Waals surface area (Å²) in [7, 11) is 4.47. The third-order valence-electron chi connectivity index (χ3n) is 12.6. The number of benzene rings is 2. The molecule has 5 aromatic rings. The minimum Gasteiger partial charge on any atom is -0.494 e. The van der Waals surface area contributed by atoms with Gasteiger partial charge in [-0.2, -0.15) is 0 Å². The number of hydrogen-bond acceptors (Lipinski definition) is 14. The molecule has 0 unspecified atom stereocenters. The van der Waals surface area contributed by atoms with Gasteiger partial charge in [0, 0.05) is 64.9 Å². The Kier molecular flexibility index (Phi) is 18.0. The van der Waals surface area contributed by atoms with Gasteiger partial charge in [0.1, 0.15) is 23.2 Å². The van der Waals surface area contributed by atoms with Crippen molar-refractivity contribution in [2.75, 3.05) is 44.9 Å². The molecule has 0 saturated carbocycles. The van der Waals surface area contributed by atoms with Crippen molar-refractivity contribution in [3.05, 3.63) is 107 Å². The van der Waals surface area contributed by atoms with Gasteiger partial charge in [-0.15, -0.1) is 11.3 Å². The molecule has 6 rings (SSSR count). The van der Waals surface area contributed by atoms with Crippen molar-refractivity contribution in [3.63, 3.8) is 0 Å². The fourth-order valence-electron chi connectivity index (χ4n) is 8.70. The van der Waals surface area contributed by atoms with Crippen LogP contribution in [-0.4, -0.2) is 112 Å². The lowest BCUT2D eigenvalue weighted by molar-refractivity contribution is -0.148. The summed E-state index contributed by atoms with van der Waals surface area (Å²) in [5.41, 5.74) is 10.1. The van der Waals surface area contributed by atoms with Crippen molar-refractivity contribution >= 4 is 69.8 Å². The van der Waals surface area contributed by atoms with Crippen LogP contribution >= 0.6 is 11.3 Å². The number of aliphatic hydroxyl groups excluding tert-OH is 1. The lowest BCUT2D eigenvalue weighted by atomic mass is 9.82. The first-order valence-electron chi connectivity index (χ1n) is 23.9. The largest absolute Gasteiger partial charge is 0.494 e. The smallest absolute Gasteiger partial charge is 0.254 e. The molecule has 382 valence electrons. The minimum atomic E-state index is -1.48. The molecule has 1 aliphatic heterocycles. The molecule has 72 heavy (non-hydrogen) atoms. The number of anilines is 4. The van der Waals surface area contributed by atoms with E-state index >= 15 is 0 Å². The van der Waals surface area contributed by atoms with Gasteiger partial charge in [0.05, 0.1) is 57.4 Å². The number of aromatic nitrogens is 3. The first-order chi connectivity index (χ1) is 34.4. The molecule has 9 N–H and O–H groups in total. The van der Waals surface area contributed by atoms with Crippen LogP contribution in [0.25, 0.3) is 10.4 Å². The van der Waals surface area contributed by atoms with Gasteiger partial charge in [-0.05, 0) is 60.6 Å². The number of nitrogens with zero attached hydrogens (tertiary/aromatic N) is 4. The second-order valence-electron chi connectivity index (χ2n) is 18.8. The van der Waals surface area contributed by atoms with Gasteiger partial charge in [0.2, 0.25) is 17.7 Å². The number of carbonyl (C=O) groups excluding carboxylic acids is 6. The fourth-order valence-corrected chi connectivity index (χ4v) is 9.51. The number of aliphatic hydroxyl groups is 1. The Bertz CT molecular complexity index is 2740. The average Bonchev–Trinajstić information content (AvgIpc) is 3.95. The van der Waals surface area contributed by atoms with E-state index in [-0.39, 0.29) is 60.7 Å². The number of rotatable bonds is 22. The molecule has 4 heterocycles. The molecule has 0 aliphatic carbocycles. The van der Waals surface area contributed by atoms with Gasteiger partial charge >= 0.3 is 0 Å². The van der Waals surface area contributed by atoms with E-state index in [4.69, 9.17) is 10.5 Å². The van der Waals surface area contributed by atoms with Crippen molar-refractivity contribution in [2.24, 2.45) is 11.1 Å². The van der Waals surface area contributed by atoms with E-state index in [1.807, 2.05) is 52.0 Å². The minimum absolute atomic E-state index is 0.0165. The maximum absolute atomic E-state index is 14.4. The number of nitrogens with one attached hydrogen (secondary N) is 6. The molecule has 0 radical (unpaired) electrons. The Morgan fingerprint density at radius 3 is 2.18 bits per heavy atom. The molecule has 3 aromatic heterocycles. The zero-order chi connectivity index (χ0) is 52.2. The molecular formula is C52H65N11O8S. The summed E-state index contributed by atoms with van der Waals surface area (Å²) < 4.78 is 5.54. The molecule has 20 heteroatoms. The highest BCUT2D eigenvalue weighted by atomic mass is 32.1. The monoisotopic (exact) mass is 1000 g/mol. The van der Waals surface area contributed by atoms with Crippen LogP contribution in [0.2, 0.25) is 0 Å². The number of aryl methyl sites for hydroxylation is 1. The Morgan fingerprint density at radius 2 is 1.54 bits per heavy atom. The van der Waals surface area contributed by atoms with Crippen LogP contribution < -0.4 is 42.4 Å². The Balaban J connectivity index is 0.948. The highest BCUT2D eigenvalue weighted by Crippen LogP contribution is 2.37. The molecule has 1 fully saturated rings. The van der Waals surface area contributed by atoms with Crippen LogP contribution in [0.15, 0.2) is 78.6 Å². The SMILES string of the molecule is CNC(=O)c1cnc(Nc2ccc(C(=O)NCCCCCCCC(=O)N[C@H](C(=O)N3C[C@H](O)C[C@@]3(Cc3ccc(-c4scnc4C)cc3)C(N)=O)C(C)(C)C)cn2)cc1Nc1cccc(C(=O)NC)c1OC. The highest BCUT2D eigenvalue weighted by molar-refractivity contribution is 7.13. The molecule has 3 atom stereocenters. The van der Waals surface area contributed by atoms with Gasteiger partial charge < -0.3 is 52.4 Å². The van der Waals surface area contributed by atoms with Gasteiger partial charge in [0.15, 0.2) is 5.75 Å². The second-order valence-corrected chi connectivity index (χ2v) is 19.7. The standard InChI is InChI=1S/C52H65N11O8S/c1-31-44(72-30-59-31)33-19-17-32(18-20-33)25-52(50(53)70)26-35(64)29-63(52)49(69)45(51(2,3)4)62-42(65)16-11-9-8-10-12-23-56-46(66)34-21-22-40(57-27-34)61-41-24-39(37(28-58-41)48(68)55-6)60-38-15-13-14-36(43(38)71-7)47(67)54-5/h13-15,17-22,24,27-28,30,35,45,64H,8-12,16,23,25-26,29H2,1-7H3,(H2,53,70)(H,54,67)(H,55,68)(H,56,66)(H,62,65)(H2,57,58,60,61)/t35-,45-,52+/m1/s1. The number of hydrogen-bond donors (Lipinski definition) is 8. The molecule has 1 aliphatic rings. The van der Waals surface area contributed by atoms with Crippen LogP contribution in [0.3, 0.4) is 0 Å². The van der Waals surface area contributed by atoms with E-state index in [1.165, 1.54) is 49.8 Å². The number of primary amides is 1. The quantitative estimate of drug-likeness (QED) is 0.0382. The first-order valence-corrected chi connectivity index (χ1v) is 24.7. The summed E-state index contributed by atoms with van der Waals surface area (Å²) in [6, 6.07) is 16.6. The van der Waals surface area contributed by atoms with Gasteiger partial charge in [-0.25, -0.2) is 15.0 Å². The second kappa shape index (κ2) is 24.1. The predicted molar refractivity (Wildman–Crippen MR) is 276 cm³/mol. The number of nitrogens with two attached hydrogens (primary N) is 1. The molecule has 19 nitrogen and oxygen atoms in total. The van der Waals surface area contributed by atoms with Crippen LogP contribution in [0.5, 0.6) is 5.75 Å². The number of thiazole rings is 1. The van der Waals surface area contributed by atoms with Crippen molar-refractivity contribution in [2.45, 2.75) is 96.7 Å². The van der Waals surface area contributed by atoms with E-state index in [2.05, 4.69) is 46.9 Å². The molecule has 0 spiro atoms. The predicted octanol–water partition coefficient (Wildman–Crippen LogP) is 5.78. The number of ether oxygens (including phenoxy) is 1. The molecule has 6 amide bonds. The lowest BCUT2D eigenvalue weighted by Gasteiger charge is -2.40. The summed E-state index contributed by atoms with van der Waals surface area (Å²) in [6.07, 6.45) is 5.90. The summed E-state index contributed by atoms with van der Waals surface area (Å²) in [4.78, 5) is 94.7. The zero-order valence-electron chi connectivity index (χ0n) is 41.8. The summed E-state index contributed by atoms with van der Waals surface area (Å²) >= 11 is 1.54. The number of β-amino-alcohol motifs (C(OH)–C–C–N with tert-alkyl or cyclic N) is 1.